The summed E-state index contributed by atoms with van der Waals surface area (Å²) in [6, 6.07) is 10.6. The lowest BCUT2D eigenvalue weighted by Crippen LogP contribution is -2.40. The summed E-state index contributed by atoms with van der Waals surface area (Å²) in [4.78, 5) is 24.2. The summed E-state index contributed by atoms with van der Waals surface area (Å²) in [6.07, 6.45) is 0. The summed E-state index contributed by atoms with van der Waals surface area (Å²) in [5.41, 5.74) is 0.980. The van der Waals surface area contributed by atoms with E-state index >= 15 is 0 Å². The zero-order chi connectivity index (χ0) is 21.7. The van der Waals surface area contributed by atoms with Gasteiger partial charge in [0.15, 0.2) is 0 Å². The Balaban J connectivity index is 1.55. The number of ether oxygens (including phenoxy) is 1. The Morgan fingerprint density at radius 3 is 2.27 bits per heavy atom. The van der Waals surface area contributed by atoms with Gasteiger partial charge in [-0.3, -0.25) is 9.59 Å². The molecule has 0 spiro atoms. The van der Waals surface area contributed by atoms with Crippen molar-refractivity contribution in [1.82, 2.24) is 9.62 Å². The van der Waals surface area contributed by atoms with Crippen LogP contribution in [0.1, 0.15) is 5.56 Å². The van der Waals surface area contributed by atoms with Crippen LogP contribution in [-0.2, 0) is 30.9 Å². The zero-order valence-corrected chi connectivity index (χ0v) is 18.1. The van der Waals surface area contributed by atoms with Crippen LogP contribution in [0, 0.1) is 0 Å². The molecule has 1 fully saturated rings. The van der Waals surface area contributed by atoms with Crippen molar-refractivity contribution in [2.75, 3.05) is 31.6 Å². The van der Waals surface area contributed by atoms with Gasteiger partial charge in [0.05, 0.1) is 28.2 Å². The Morgan fingerprint density at radius 2 is 1.63 bits per heavy atom. The number of hydrogen-bond donors (Lipinski definition) is 2. The van der Waals surface area contributed by atoms with Gasteiger partial charge in [0.2, 0.25) is 10.0 Å². The predicted molar refractivity (Wildman–Crippen MR) is 113 cm³/mol. The minimum absolute atomic E-state index is 0.0610. The molecule has 30 heavy (non-hydrogen) atoms. The fourth-order valence-corrected chi connectivity index (χ4v) is 4.45. The molecule has 2 aromatic carbocycles. The highest BCUT2D eigenvalue weighted by Gasteiger charge is 2.26. The summed E-state index contributed by atoms with van der Waals surface area (Å²) in [5, 5.41) is 5.49. The van der Waals surface area contributed by atoms with Gasteiger partial charge in [-0.15, -0.1) is 0 Å². The first-order valence-electron chi connectivity index (χ1n) is 8.98. The molecule has 8 nitrogen and oxygen atoms in total. The first-order chi connectivity index (χ1) is 14.3. The Morgan fingerprint density at radius 1 is 0.967 bits per heavy atom. The second-order valence-electron chi connectivity index (χ2n) is 6.43. The molecule has 1 aliphatic rings. The van der Waals surface area contributed by atoms with E-state index in [1.807, 2.05) is 0 Å². The van der Waals surface area contributed by atoms with Crippen molar-refractivity contribution in [3.05, 3.63) is 58.1 Å². The SMILES string of the molecule is O=C(NCc1ccc(S(=O)(=O)N2CCOCC2)cc1)C(=O)Nc1ccc(Cl)c(Cl)c1. The largest absolute Gasteiger partial charge is 0.379 e. The van der Waals surface area contributed by atoms with Crippen molar-refractivity contribution < 1.29 is 22.7 Å². The number of nitrogens with zero attached hydrogens (tertiary/aromatic N) is 1. The van der Waals surface area contributed by atoms with Crippen LogP contribution in [0.4, 0.5) is 5.69 Å². The van der Waals surface area contributed by atoms with E-state index in [9.17, 15) is 18.0 Å². The quantitative estimate of drug-likeness (QED) is 0.650. The topological polar surface area (TPSA) is 105 Å². The highest BCUT2D eigenvalue weighted by Crippen LogP contribution is 2.25. The molecule has 0 saturated carbocycles. The maximum atomic E-state index is 12.6. The minimum atomic E-state index is -3.58. The van der Waals surface area contributed by atoms with E-state index in [1.165, 1.54) is 34.6 Å². The van der Waals surface area contributed by atoms with Crippen molar-refractivity contribution in [2.45, 2.75) is 11.4 Å². The van der Waals surface area contributed by atoms with E-state index in [0.717, 1.165) is 0 Å². The maximum Gasteiger partial charge on any atom is 0.313 e. The van der Waals surface area contributed by atoms with Crippen LogP contribution >= 0.6 is 23.2 Å². The van der Waals surface area contributed by atoms with Gasteiger partial charge >= 0.3 is 11.8 Å². The van der Waals surface area contributed by atoms with Crippen LogP contribution in [0.5, 0.6) is 0 Å². The number of carbonyl (C=O) groups excluding carboxylic acids is 2. The van der Waals surface area contributed by atoms with Crippen molar-refractivity contribution in [3.8, 4) is 0 Å². The molecule has 2 N–H and O–H groups in total. The number of morpholine rings is 1. The normalized spacial score (nSPS) is 14.9. The lowest BCUT2D eigenvalue weighted by molar-refractivity contribution is -0.136. The van der Waals surface area contributed by atoms with Gasteiger partial charge in [-0.2, -0.15) is 4.31 Å². The molecule has 1 aliphatic heterocycles. The standard InChI is InChI=1S/C19H19Cl2N3O5S/c20-16-6-3-14(11-17(16)21)23-19(26)18(25)22-12-13-1-4-15(5-2-13)30(27,28)24-7-9-29-10-8-24/h1-6,11H,7-10,12H2,(H,22,25)(H,23,26). The molecule has 3 rings (SSSR count). The van der Waals surface area contributed by atoms with Gasteiger partial charge in [-0.25, -0.2) is 8.42 Å². The fourth-order valence-electron chi connectivity index (χ4n) is 2.74. The number of rotatable bonds is 5. The molecule has 160 valence electrons. The van der Waals surface area contributed by atoms with Crippen molar-refractivity contribution >= 4 is 50.7 Å². The van der Waals surface area contributed by atoms with Gasteiger partial charge in [-0.05, 0) is 35.9 Å². The zero-order valence-electron chi connectivity index (χ0n) is 15.7. The Kier molecular flexibility index (Phi) is 7.32. The molecular formula is C19H19Cl2N3O5S. The number of anilines is 1. The van der Waals surface area contributed by atoms with Crippen LogP contribution in [0.3, 0.4) is 0 Å². The maximum absolute atomic E-state index is 12.6. The lowest BCUT2D eigenvalue weighted by atomic mass is 10.2. The van der Waals surface area contributed by atoms with Gasteiger partial charge < -0.3 is 15.4 Å². The van der Waals surface area contributed by atoms with Crippen molar-refractivity contribution in [1.29, 1.82) is 0 Å². The van der Waals surface area contributed by atoms with Gasteiger partial charge in [0.1, 0.15) is 0 Å². The smallest absolute Gasteiger partial charge is 0.313 e. The minimum Gasteiger partial charge on any atom is -0.379 e. The third-order valence-corrected chi connectivity index (χ3v) is 7.02. The average molecular weight is 472 g/mol. The second kappa shape index (κ2) is 9.76. The first-order valence-corrected chi connectivity index (χ1v) is 11.2. The number of hydrogen-bond acceptors (Lipinski definition) is 5. The number of carbonyl (C=O) groups is 2. The fraction of sp³-hybridized carbons (Fsp3) is 0.263. The monoisotopic (exact) mass is 471 g/mol. The summed E-state index contributed by atoms with van der Waals surface area (Å²) < 4.78 is 31.8. The average Bonchev–Trinajstić information content (AvgIpc) is 2.75. The van der Waals surface area contributed by atoms with E-state index in [-0.39, 0.29) is 16.5 Å². The van der Waals surface area contributed by atoms with E-state index < -0.39 is 21.8 Å². The van der Waals surface area contributed by atoms with Crippen LogP contribution in [0.15, 0.2) is 47.4 Å². The molecule has 0 unspecified atom stereocenters. The van der Waals surface area contributed by atoms with Crippen molar-refractivity contribution in [3.63, 3.8) is 0 Å². The van der Waals surface area contributed by atoms with Gasteiger partial charge in [0.25, 0.3) is 0 Å². The third kappa shape index (κ3) is 5.50. The van der Waals surface area contributed by atoms with E-state index in [0.29, 0.717) is 42.6 Å². The summed E-state index contributed by atoms with van der Waals surface area (Å²) >= 11 is 11.7. The highest BCUT2D eigenvalue weighted by atomic mass is 35.5. The number of benzene rings is 2. The van der Waals surface area contributed by atoms with Crippen LogP contribution in [0.25, 0.3) is 0 Å². The Hall–Kier alpha value is -2.17. The molecule has 2 amide bonds. The summed E-state index contributed by atoms with van der Waals surface area (Å²) in [7, 11) is -3.58. The summed E-state index contributed by atoms with van der Waals surface area (Å²) in [5.74, 6) is -1.70. The molecule has 11 heteroatoms. The molecule has 2 aromatic rings. The molecule has 0 radical (unpaired) electrons. The van der Waals surface area contributed by atoms with Crippen molar-refractivity contribution in [2.24, 2.45) is 0 Å². The van der Waals surface area contributed by atoms with Gasteiger partial charge in [-0.1, -0.05) is 35.3 Å². The molecular weight excluding hydrogens is 453 g/mol. The second-order valence-corrected chi connectivity index (χ2v) is 9.18. The molecule has 0 bridgehead atoms. The summed E-state index contributed by atoms with van der Waals surface area (Å²) in [6.45, 7) is 1.43. The molecule has 1 heterocycles. The first kappa shape index (κ1) is 22.5. The third-order valence-electron chi connectivity index (χ3n) is 4.37. The predicted octanol–water partition coefficient (Wildman–Crippen LogP) is 2.27. The number of nitrogens with one attached hydrogen (secondary N) is 2. The number of amides is 2. The van der Waals surface area contributed by atoms with E-state index in [4.69, 9.17) is 27.9 Å². The van der Waals surface area contributed by atoms with Gasteiger partial charge in [0, 0.05) is 25.3 Å². The van der Waals surface area contributed by atoms with E-state index in [2.05, 4.69) is 10.6 Å². The Bertz CT molecular complexity index is 1040. The van der Waals surface area contributed by atoms with Crippen LogP contribution in [0.2, 0.25) is 10.0 Å². The van der Waals surface area contributed by atoms with E-state index in [1.54, 1.807) is 12.1 Å². The van der Waals surface area contributed by atoms with Crippen LogP contribution < -0.4 is 10.6 Å². The lowest BCUT2D eigenvalue weighted by Gasteiger charge is -2.26. The molecule has 1 saturated heterocycles. The molecule has 0 aromatic heterocycles. The molecule has 0 atom stereocenters. The number of sulfonamides is 1. The Labute approximate surface area is 184 Å². The van der Waals surface area contributed by atoms with Crippen LogP contribution in [-0.4, -0.2) is 50.8 Å². The molecule has 0 aliphatic carbocycles. The number of halogens is 2. The highest BCUT2D eigenvalue weighted by molar-refractivity contribution is 7.89.